The molecule has 2 aliphatic rings. The summed E-state index contributed by atoms with van der Waals surface area (Å²) in [4.78, 5) is 14.9. The molecule has 0 N–H and O–H groups in total. The van der Waals surface area contributed by atoms with Gasteiger partial charge >= 0.3 is 0 Å². The Morgan fingerprint density at radius 3 is 2.32 bits per heavy atom. The third-order valence-corrected chi connectivity index (χ3v) is 7.46. The summed E-state index contributed by atoms with van der Waals surface area (Å²) in [5.74, 6) is -0.0884. The first-order valence-electron chi connectivity index (χ1n) is 9.35. The Bertz CT molecular complexity index is 714. The maximum atomic E-state index is 12.9. The summed E-state index contributed by atoms with van der Waals surface area (Å²) < 4.78 is 28.9. The first kappa shape index (κ1) is 18.5. The van der Waals surface area contributed by atoms with Gasteiger partial charge in [-0.05, 0) is 31.7 Å². The Kier molecular flexibility index (Phi) is 5.53. The number of aromatic nitrogens is 1. The van der Waals surface area contributed by atoms with E-state index in [2.05, 4.69) is 0 Å². The number of carbonyl (C=O) groups is 1. The highest BCUT2D eigenvalue weighted by Gasteiger charge is 2.30. The second kappa shape index (κ2) is 7.50. The molecule has 0 spiro atoms. The van der Waals surface area contributed by atoms with Crippen molar-refractivity contribution in [1.29, 1.82) is 0 Å². The molecule has 1 aromatic heterocycles. The predicted molar refractivity (Wildman–Crippen MR) is 97.0 cm³/mol. The van der Waals surface area contributed by atoms with E-state index < -0.39 is 10.0 Å². The Labute approximate surface area is 150 Å². The van der Waals surface area contributed by atoms with Crippen LogP contribution in [0.1, 0.15) is 61.9 Å². The number of hydrogen-bond donors (Lipinski definition) is 0. The van der Waals surface area contributed by atoms with Gasteiger partial charge in [-0.15, -0.1) is 0 Å². The van der Waals surface area contributed by atoms with Crippen molar-refractivity contribution in [3.05, 3.63) is 18.0 Å². The molecule has 3 rings (SSSR count). The van der Waals surface area contributed by atoms with E-state index in [1.165, 1.54) is 6.42 Å². The molecule has 1 saturated carbocycles. The van der Waals surface area contributed by atoms with Crippen LogP contribution in [0.2, 0.25) is 0 Å². The molecule has 1 aliphatic heterocycles. The maximum absolute atomic E-state index is 12.9. The van der Waals surface area contributed by atoms with Crippen LogP contribution in [-0.4, -0.2) is 54.3 Å². The average Bonchev–Trinajstić information content (AvgIpc) is 3.04. The number of sulfonamides is 1. The molecule has 25 heavy (non-hydrogen) atoms. The molecule has 0 radical (unpaired) electrons. The third-order valence-electron chi connectivity index (χ3n) is 5.59. The quantitative estimate of drug-likeness (QED) is 0.822. The Morgan fingerprint density at radius 1 is 1.08 bits per heavy atom. The highest BCUT2D eigenvalue weighted by molar-refractivity contribution is 7.89. The van der Waals surface area contributed by atoms with Crippen LogP contribution in [0, 0.1) is 0 Å². The lowest BCUT2D eigenvalue weighted by molar-refractivity contribution is 0.0686. The largest absolute Gasteiger partial charge is 0.345 e. The zero-order valence-corrected chi connectivity index (χ0v) is 16.1. The molecule has 1 aliphatic carbocycles. The van der Waals surface area contributed by atoms with Crippen LogP contribution in [0.15, 0.2) is 17.2 Å². The number of piperidine rings is 1. The summed E-state index contributed by atoms with van der Waals surface area (Å²) in [6.45, 7) is 1.14. The van der Waals surface area contributed by atoms with Gasteiger partial charge in [0.05, 0.1) is 0 Å². The van der Waals surface area contributed by atoms with E-state index in [1.54, 1.807) is 33.1 Å². The highest BCUT2D eigenvalue weighted by atomic mass is 32.2. The molecule has 0 bridgehead atoms. The molecule has 0 atom stereocenters. The molecule has 7 heteroatoms. The van der Waals surface area contributed by atoms with Gasteiger partial charge in [0.2, 0.25) is 10.0 Å². The molecule has 2 fully saturated rings. The molecular weight excluding hydrogens is 338 g/mol. The number of nitrogens with zero attached hydrogens (tertiary/aromatic N) is 3. The van der Waals surface area contributed by atoms with Crippen LogP contribution in [0.25, 0.3) is 0 Å². The van der Waals surface area contributed by atoms with Crippen molar-refractivity contribution in [2.75, 3.05) is 20.1 Å². The molecule has 0 unspecified atom stereocenters. The minimum atomic E-state index is -3.51. The van der Waals surface area contributed by atoms with Crippen molar-refractivity contribution < 1.29 is 13.2 Å². The number of aryl methyl sites for hydroxylation is 1. The summed E-state index contributed by atoms with van der Waals surface area (Å²) in [7, 11) is 0.0786. The minimum absolute atomic E-state index is 0.0884. The van der Waals surface area contributed by atoms with Crippen LogP contribution in [-0.2, 0) is 17.1 Å². The SMILES string of the molecule is CN(C(=O)c1cc(S(=O)(=O)N2CCCCC2)cn1C)C1CCCCC1. The fourth-order valence-electron chi connectivity index (χ4n) is 3.96. The molecule has 2 heterocycles. The van der Waals surface area contributed by atoms with Gasteiger partial charge in [-0.1, -0.05) is 25.7 Å². The molecule has 6 nitrogen and oxygen atoms in total. The standard InChI is InChI=1S/C18H29N3O3S/c1-19-14-16(25(23,24)21-11-7-4-8-12-21)13-17(19)18(22)20(2)15-9-5-3-6-10-15/h13-15H,3-12H2,1-2H3. The molecule has 1 amide bonds. The number of rotatable bonds is 4. The molecule has 140 valence electrons. The Morgan fingerprint density at radius 2 is 1.68 bits per heavy atom. The van der Waals surface area contributed by atoms with Crippen molar-refractivity contribution in [2.45, 2.75) is 62.3 Å². The maximum Gasteiger partial charge on any atom is 0.270 e. The Balaban J connectivity index is 1.80. The second-order valence-electron chi connectivity index (χ2n) is 7.34. The van der Waals surface area contributed by atoms with Crippen molar-refractivity contribution in [3.8, 4) is 0 Å². The summed E-state index contributed by atoms with van der Waals surface area (Å²) in [5, 5.41) is 0. The number of hydrogen-bond acceptors (Lipinski definition) is 3. The van der Waals surface area contributed by atoms with Crippen LogP contribution in [0.4, 0.5) is 0 Å². The van der Waals surface area contributed by atoms with Gasteiger partial charge in [0.25, 0.3) is 5.91 Å². The molecule has 1 saturated heterocycles. The Hall–Kier alpha value is -1.34. The van der Waals surface area contributed by atoms with Gasteiger partial charge in [-0.3, -0.25) is 4.79 Å². The lowest BCUT2D eigenvalue weighted by Crippen LogP contribution is -2.39. The van der Waals surface area contributed by atoms with Crippen LogP contribution in [0.5, 0.6) is 0 Å². The van der Waals surface area contributed by atoms with Gasteiger partial charge < -0.3 is 9.47 Å². The average molecular weight is 368 g/mol. The summed E-state index contributed by atoms with van der Waals surface area (Å²) in [6, 6.07) is 1.81. The van der Waals surface area contributed by atoms with Gasteiger partial charge in [-0.2, -0.15) is 4.31 Å². The topological polar surface area (TPSA) is 62.6 Å². The van der Waals surface area contributed by atoms with E-state index >= 15 is 0 Å². The summed E-state index contributed by atoms with van der Waals surface area (Å²) in [6.07, 6.45) is 10.1. The number of carbonyl (C=O) groups excluding carboxylic acids is 1. The highest BCUT2D eigenvalue weighted by Crippen LogP contribution is 2.25. The normalized spacial score (nSPS) is 20.6. The van der Waals surface area contributed by atoms with E-state index in [0.717, 1.165) is 44.9 Å². The molecular formula is C18H29N3O3S. The van der Waals surface area contributed by atoms with E-state index in [9.17, 15) is 13.2 Å². The lowest BCUT2D eigenvalue weighted by Gasteiger charge is -2.31. The number of amides is 1. The summed E-state index contributed by atoms with van der Waals surface area (Å²) in [5.41, 5.74) is 0.448. The summed E-state index contributed by atoms with van der Waals surface area (Å²) >= 11 is 0. The van der Waals surface area contributed by atoms with Crippen LogP contribution >= 0.6 is 0 Å². The van der Waals surface area contributed by atoms with E-state index in [-0.39, 0.29) is 16.8 Å². The fourth-order valence-corrected chi connectivity index (χ4v) is 5.55. The van der Waals surface area contributed by atoms with E-state index in [0.29, 0.717) is 18.8 Å². The van der Waals surface area contributed by atoms with Gasteiger partial charge in [-0.25, -0.2) is 8.42 Å². The van der Waals surface area contributed by atoms with E-state index in [4.69, 9.17) is 0 Å². The predicted octanol–water partition coefficient (Wildman–Crippen LogP) is 2.60. The zero-order valence-electron chi connectivity index (χ0n) is 15.3. The lowest BCUT2D eigenvalue weighted by atomic mass is 9.94. The van der Waals surface area contributed by atoms with Crippen molar-refractivity contribution in [2.24, 2.45) is 7.05 Å². The van der Waals surface area contributed by atoms with Crippen LogP contribution in [0.3, 0.4) is 0 Å². The molecule has 0 aromatic carbocycles. The van der Waals surface area contributed by atoms with Crippen molar-refractivity contribution in [1.82, 2.24) is 13.8 Å². The fraction of sp³-hybridized carbons (Fsp3) is 0.722. The van der Waals surface area contributed by atoms with Crippen LogP contribution < -0.4 is 0 Å². The van der Waals surface area contributed by atoms with Gasteiger partial charge in [0, 0.05) is 39.4 Å². The third kappa shape index (κ3) is 3.77. The van der Waals surface area contributed by atoms with Crippen molar-refractivity contribution in [3.63, 3.8) is 0 Å². The van der Waals surface area contributed by atoms with Gasteiger partial charge in [0.1, 0.15) is 10.6 Å². The molecule has 1 aromatic rings. The first-order chi connectivity index (χ1) is 11.9. The zero-order chi connectivity index (χ0) is 18.0. The second-order valence-corrected chi connectivity index (χ2v) is 9.28. The first-order valence-corrected chi connectivity index (χ1v) is 10.8. The minimum Gasteiger partial charge on any atom is -0.345 e. The smallest absolute Gasteiger partial charge is 0.270 e. The monoisotopic (exact) mass is 367 g/mol. The van der Waals surface area contributed by atoms with Gasteiger partial charge in [0.15, 0.2) is 0 Å². The van der Waals surface area contributed by atoms with E-state index in [1.807, 2.05) is 7.05 Å². The van der Waals surface area contributed by atoms with Crippen molar-refractivity contribution >= 4 is 15.9 Å².